The van der Waals surface area contributed by atoms with E-state index in [1.54, 1.807) is 0 Å². The standard InChI is InChI=1S/C18H24ClNO3/c19-15-6-2-1-5-14(15)18(8-10-23-11-9-18)12-20-17(22)13-4-3-7-16(13)21/h1-2,5-6,13,16,21H,3-4,7-12H2,(H,20,22). The van der Waals surface area contributed by atoms with Gasteiger partial charge in [-0.3, -0.25) is 4.79 Å². The van der Waals surface area contributed by atoms with Crippen LogP contribution in [0.1, 0.15) is 37.7 Å². The number of carbonyl (C=O) groups is 1. The second-order valence-electron chi connectivity index (χ2n) is 6.70. The predicted octanol–water partition coefficient (Wildman–Crippen LogP) is 2.67. The molecule has 1 saturated carbocycles. The lowest BCUT2D eigenvalue weighted by Crippen LogP contribution is -2.47. The van der Waals surface area contributed by atoms with Gasteiger partial charge >= 0.3 is 0 Å². The number of hydrogen-bond acceptors (Lipinski definition) is 3. The topological polar surface area (TPSA) is 58.6 Å². The van der Waals surface area contributed by atoms with E-state index >= 15 is 0 Å². The molecule has 1 aromatic rings. The average molecular weight is 338 g/mol. The molecule has 1 heterocycles. The highest BCUT2D eigenvalue weighted by Crippen LogP contribution is 2.38. The van der Waals surface area contributed by atoms with Crippen molar-refractivity contribution in [2.24, 2.45) is 5.92 Å². The first-order valence-electron chi connectivity index (χ1n) is 8.41. The SMILES string of the molecule is O=C(NCC1(c2ccccc2Cl)CCOCC1)C1CCCC1O. The van der Waals surface area contributed by atoms with Gasteiger partial charge in [0, 0.05) is 30.2 Å². The third kappa shape index (κ3) is 3.54. The van der Waals surface area contributed by atoms with Crippen LogP contribution in [0.25, 0.3) is 0 Å². The molecule has 0 radical (unpaired) electrons. The number of hydrogen-bond donors (Lipinski definition) is 2. The Hall–Kier alpha value is -1.10. The first-order valence-corrected chi connectivity index (χ1v) is 8.79. The molecule has 1 aliphatic heterocycles. The minimum atomic E-state index is -0.499. The summed E-state index contributed by atoms with van der Waals surface area (Å²) in [6.07, 6.45) is 3.59. The number of aliphatic hydroxyl groups excluding tert-OH is 1. The smallest absolute Gasteiger partial charge is 0.225 e. The highest BCUT2D eigenvalue weighted by atomic mass is 35.5. The molecule has 1 aromatic carbocycles. The van der Waals surface area contributed by atoms with Crippen LogP contribution in [0.15, 0.2) is 24.3 Å². The fourth-order valence-electron chi connectivity index (χ4n) is 3.83. The van der Waals surface area contributed by atoms with Crippen molar-refractivity contribution in [1.29, 1.82) is 0 Å². The molecule has 3 rings (SSSR count). The van der Waals surface area contributed by atoms with Crippen molar-refractivity contribution in [1.82, 2.24) is 5.32 Å². The molecule has 2 N–H and O–H groups in total. The van der Waals surface area contributed by atoms with Crippen molar-refractivity contribution < 1.29 is 14.6 Å². The number of nitrogens with one attached hydrogen (secondary N) is 1. The Labute approximate surface area is 142 Å². The van der Waals surface area contributed by atoms with E-state index in [2.05, 4.69) is 5.32 Å². The predicted molar refractivity (Wildman–Crippen MR) is 89.5 cm³/mol. The van der Waals surface area contributed by atoms with E-state index in [0.29, 0.717) is 19.8 Å². The van der Waals surface area contributed by atoms with Crippen LogP contribution in [0.3, 0.4) is 0 Å². The molecule has 2 atom stereocenters. The molecule has 2 fully saturated rings. The van der Waals surface area contributed by atoms with Gasteiger partial charge in [-0.1, -0.05) is 29.8 Å². The second kappa shape index (κ2) is 7.20. The zero-order valence-electron chi connectivity index (χ0n) is 13.3. The van der Waals surface area contributed by atoms with Crippen molar-refractivity contribution in [2.45, 2.75) is 43.6 Å². The molecule has 2 aliphatic rings. The molecule has 0 spiro atoms. The molecule has 4 nitrogen and oxygen atoms in total. The number of rotatable bonds is 4. The van der Waals surface area contributed by atoms with Crippen LogP contribution in [0, 0.1) is 5.92 Å². The van der Waals surface area contributed by atoms with Gasteiger partial charge in [0.15, 0.2) is 0 Å². The molecule has 0 aromatic heterocycles. The summed E-state index contributed by atoms with van der Waals surface area (Å²) in [5.74, 6) is -0.300. The summed E-state index contributed by atoms with van der Waals surface area (Å²) < 4.78 is 5.51. The van der Waals surface area contributed by atoms with Crippen LogP contribution in [0.4, 0.5) is 0 Å². The van der Waals surface area contributed by atoms with E-state index in [4.69, 9.17) is 16.3 Å². The van der Waals surface area contributed by atoms with Gasteiger partial charge in [-0.05, 0) is 43.7 Å². The Kier molecular flexibility index (Phi) is 5.24. The van der Waals surface area contributed by atoms with Crippen LogP contribution in [-0.2, 0) is 14.9 Å². The van der Waals surface area contributed by atoms with Crippen LogP contribution in [0.2, 0.25) is 5.02 Å². The lowest BCUT2D eigenvalue weighted by Gasteiger charge is -2.38. The van der Waals surface area contributed by atoms with Crippen molar-refractivity contribution in [3.8, 4) is 0 Å². The Morgan fingerprint density at radius 1 is 1.30 bits per heavy atom. The summed E-state index contributed by atoms with van der Waals surface area (Å²) in [5.41, 5.74) is 0.896. The number of carbonyl (C=O) groups excluding carboxylic acids is 1. The molecular formula is C18H24ClNO3. The molecule has 0 bridgehead atoms. The zero-order valence-corrected chi connectivity index (χ0v) is 14.0. The number of ether oxygens (including phenoxy) is 1. The Bertz CT molecular complexity index is 557. The molecule has 1 aliphatic carbocycles. The van der Waals surface area contributed by atoms with E-state index in [-0.39, 0.29) is 17.2 Å². The lowest BCUT2D eigenvalue weighted by atomic mass is 9.74. The summed E-state index contributed by atoms with van der Waals surface area (Å²) in [5, 5.41) is 13.7. The molecule has 126 valence electrons. The summed E-state index contributed by atoms with van der Waals surface area (Å²) in [6.45, 7) is 1.89. The van der Waals surface area contributed by atoms with Gasteiger partial charge in [-0.15, -0.1) is 0 Å². The zero-order chi connectivity index (χ0) is 16.3. The van der Waals surface area contributed by atoms with Crippen LogP contribution in [-0.4, -0.2) is 36.9 Å². The number of amides is 1. The van der Waals surface area contributed by atoms with E-state index < -0.39 is 6.10 Å². The Balaban J connectivity index is 1.75. The van der Waals surface area contributed by atoms with Crippen LogP contribution in [0.5, 0.6) is 0 Å². The van der Waals surface area contributed by atoms with Crippen LogP contribution >= 0.6 is 11.6 Å². The van der Waals surface area contributed by atoms with E-state index in [1.807, 2.05) is 24.3 Å². The van der Waals surface area contributed by atoms with Gasteiger partial charge in [-0.25, -0.2) is 0 Å². The van der Waals surface area contributed by atoms with Crippen molar-refractivity contribution >= 4 is 17.5 Å². The maximum atomic E-state index is 12.4. The maximum absolute atomic E-state index is 12.4. The van der Waals surface area contributed by atoms with E-state index in [0.717, 1.165) is 42.7 Å². The second-order valence-corrected chi connectivity index (χ2v) is 7.10. The van der Waals surface area contributed by atoms with E-state index in [1.165, 1.54) is 0 Å². The van der Waals surface area contributed by atoms with Gasteiger partial charge < -0.3 is 15.2 Å². The van der Waals surface area contributed by atoms with Crippen LogP contribution < -0.4 is 5.32 Å². The minimum Gasteiger partial charge on any atom is -0.392 e. The highest BCUT2D eigenvalue weighted by Gasteiger charge is 2.38. The third-order valence-electron chi connectivity index (χ3n) is 5.31. The maximum Gasteiger partial charge on any atom is 0.225 e. The number of halogens is 1. The first kappa shape index (κ1) is 16.7. The van der Waals surface area contributed by atoms with Gasteiger partial charge in [0.2, 0.25) is 5.91 Å². The lowest BCUT2D eigenvalue weighted by molar-refractivity contribution is -0.128. The molecular weight excluding hydrogens is 314 g/mol. The third-order valence-corrected chi connectivity index (χ3v) is 5.64. The molecule has 1 saturated heterocycles. The van der Waals surface area contributed by atoms with Gasteiger partial charge in [0.25, 0.3) is 0 Å². The largest absolute Gasteiger partial charge is 0.392 e. The van der Waals surface area contributed by atoms with E-state index in [9.17, 15) is 9.90 Å². The number of benzene rings is 1. The Morgan fingerprint density at radius 2 is 2.04 bits per heavy atom. The summed E-state index contributed by atoms with van der Waals surface area (Å²) in [7, 11) is 0. The fourth-order valence-corrected chi connectivity index (χ4v) is 4.16. The number of aliphatic hydroxyl groups is 1. The highest BCUT2D eigenvalue weighted by molar-refractivity contribution is 6.31. The summed E-state index contributed by atoms with van der Waals surface area (Å²) in [6, 6.07) is 7.86. The molecule has 2 unspecified atom stereocenters. The Morgan fingerprint density at radius 3 is 2.70 bits per heavy atom. The quantitative estimate of drug-likeness (QED) is 0.888. The molecule has 5 heteroatoms. The van der Waals surface area contributed by atoms with Crippen molar-refractivity contribution in [2.75, 3.05) is 19.8 Å². The van der Waals surface area contributed by atoms with Gasteiger partial charge in [0.1, 0.15) is 0 Å². The fraction of sp³-hybridized carbons (Fsp3) is 0.611. The summed E-state index contributed by atoms with van der Waals surface area (Å²) >= 11 is 6.42. The molecule has 1 amide bonds. The average Bonchev–Trinajstić information content (AvgIpc) is 3.00. The summed E-state index contributed by atoms with van der Waals surface area (Å²) in [4.78, 5) is 12.4. The monoisotopic (exact) mass is 337 g/mol. The normalized spacial score (nSPS) is 26.9. The van der Waals surface area contributed by atoms with Gasteiger partial charge in [-0.2, -0.15) is 0 Å². The van der Waals surface area contributed by atoms with Crippen molar-refractivity contribution in [3.63, 3.8) is 0 Å². The molecule has 23 heavy (non-hydrogen) atoms. The minimum absolute atomic E-state index is 0.0343. The van der Waals surface area contributed by atoms with Crippen molar-refractivity contribution in [3.05, 3.63) is 34.9 Å². The van der Waals surface area contributed by atoms with Gasteiger partial charge in [0.05, 0.1) is 12.0 Å². The first-order chi connectivity index (χ1) is 11.1.